The molecule has 0 saturated heterocycles. The van der Waals surface area contributed by atoms with Gasteiger partial charge in [0.25, 0.3) is 5.91 Å². The first-order valence-electron chi connectivity index (χ1n) is 7.09. The summed E-state index contributed by atoms with van der Waals surface area (Å²) < 4.78 is 0. The molecule has 2 aromatic rings. The number of carbonyl (C=O) groups is 1. The third-order valence-corrected chi connectivity index (χ3v) is 3.01. The number of nitrogens with zero attached hydrogens (tertiary/aromatic N) is 2. The molecule has 0 aliphatic carbocycles. The molecule has 0 aromatic carbocycles. The number of aromatic nitrogens is 2. The Morgan fingerprint density at radius 2 is 2.14 bits per heavy atom. The van der Waals surface area contributed by atoms with Crippen molar-refractivity contribution >= 4 is 11.7 Å². The van der Waals surface area contributed by atoms with E-state index in [1.807, 2.05) is 32.0 Å². The molecule has 0 fully saturated rings. The topological polar surface area (TPSA) is 66.9 Å². The summed E-state index contributed by atoms with van der Waals surface area (Å²) in [4.78, 5) is 20.7. The number of amides is 1. The third kappa shape index (κ3) is 4.41. The maximum Gasteiger partial charge on any atom is 0.255 e. The molecule has 0 aliphatic heterocycles. The Morgan fingerprint density at radius 1 is 1.32 bits per heavy atom. The number of hydrogen-bond donors (Lipinski definition) is 2. The van der Waals surface area contributed by atoms with Crippen LogP contribution in [0.15, 0.2) is 48.8 Å². The second-order valence-electron chi connectivity index (χ2n) is 5.20. The van der Waals surface area contributed by atoms with E-state index in [4.69, 9.17) is 0 Å². The van der Waals surface area contributed by atoms with Gasteiger partial charge in [0.2, 0.25) is 0 Å². The molecule has 2 aromatic heterocycles. The van der Waals surface area contributed by atoms with Gasteiger partial charge in [-0.15, -0.1) is 0 Å². The van der Waals surface area contributed by atoms with E-state index in [1.165, 1.54) is 0 Å². The quantitative estimate of drug-likeness (QED) is 0.804. The van der Waals surface area contributed by atoms with Crippen molar-refractivity contribution in [1.82, 2.24) is 15.3 Å². The number of aryl methyl sites for hydroxylation is 1. The Morgan fingerprint density at radius 3 is 2.82 bits per heavy atom. The zero-order valence-corrected chi connectivity index (χ0v) is 12.9. The van der Waals surface area contributed by atoms with Gasteiger partial charge in [0.15, 0.2) is 0 Å². The van der Waals surface area contributed by atoms with E-state index in [1.54, 1.807) is 18.5 Å². The largest absolute Gasteiger partial charge is 0.365 e. The molecule has 114 valence electrons. The number of rotatable bonds is 6. The van der Waals surface area contributed by atoms with Gasteiger partial charge in [0.05, 0.1) is 5.56 Å². The summed E-state index contributed by atoms with van der Waals surface area (Å²) in [6.07, 6.45) is 3.51. The number of hydrogen-bond acceptors (Lipinski definition) is 4. The van der Waals surface area contributed by atoms with E-state index in [9.17, 15) is 4.79 Å². The standard InChI is InChI=1S/C17H20N4O/c1-12(2)9-20-17(22)15-7-6-13(3)21-16(15)19-11-14-5-4-8-18-10-14/h4-8,10H,1,9,11H2,2-3H3,(H,19,21)(H,20,22). The lowest BCUT2D eigenvalue weighted by Crippen LogP contribution is -2.26. The smallest absolute Gasteiger partial charge is 0.255 e. The summed E-state index contributed by atoms with van der Waals surface area (Å²) in [5.41, 5.74) is 3.30. The Kier molecular flexibility index (Phi) is 5.25. The van der Waals surface area contributed by atoms with Crippen molar-refractivity contribution in [2.24, 2.45) is 0 Å². The van der Waals surface area contributed by atoms with Gasteiger partial charge in [-0.1, -0.05) is 18.2 Å². The lowest BCUT2D eigenvalue weighted by molar-refractivity contribution is 0.0957. The Bertz CT molecular complexity index is 668. The maximum atomic E-state index is 12.2. The van der Waals surface area contributed by atoms with Crippen LogP contribution in [0.1, 0.15) is 28.5 Å². The highest BCUT2D eigenvalue weighted by Gasteiger charge is 2.12. The normalized spacial score (nSPS) is 10.1. The third-order valence-electron chi connectivity index (χ3n) is 3.01. The van der Waals surface area contributed by atoms with Gasteiger partial charge in [0.1, 0.15) is 5.82 Å². The number of nitrogens with one attached hydrogen (secondary N) is 2. The van der Waals surface area contributed by atoms with Crippen molar-refractivity contribution < 1.29 is 4.79 Å². The molecule has 0 atom stereocenters. The van der Waals surface area contributed by atoms with Gasteiger partial charge in [-0.25, -0.2) is 4.98 Å². The fourth-order valence-electron chi connectivity index (χ4n) is 1.89. The van der Waals surface area contributed by atoms with Crippen LogP contribution in [-0.2, 0) is 6.54 Å². The van der Waals surface area contributed by atoms with Crippen molar-refractivity contribution in [1.29, 1.82) is 0 Å². The molecule has 0 spiro atoms. The van der Waals surface area contributed by atoms with Crippen molar-refractivity contribution in [3.63, 3.8) is 0 Å². The van der Waals surface area contributed by atoms with Crippen LogP contribution in [0.5, 0.6) is 0 Å². The molecule has 2 heterocycles. The molecule has 2 rings (SSSR count). The van der Waals surface area contributed by atoms with Gasteiger partial charge in [-0.05, 0) is 37.6 Å². The first-order valence-corrected chi connectivity index (χ1v) is 7.09. The van der Waals surface area contributed by atoms with Crippen LogP contribution < -0.4 is 10.6 Å². The maximum absolute atomic E-state index is 12.2. The highest BCUT2D eigenvalue weighted by atomic mass is 16.1. The SMILES string of the molecule is C=C(C)CNC(=O)c1ccc(C)nc1NCc1cccnc1. The van der Waals surface area contributed by atoms with Crippen molar-refractivity contribution in [3.05, 3.63) is 65.6 Å². The lowest BCUT2D eigenvalue weighted by Gasteiger charge is -2.12. The molecule has 5 heteroatoms. The van der Waals surface area contributed by atoms with Gasteiger partial charge in [0, 0.05) is 31.2 Å². The van der Waals surface area contributed by atoms with E-state index in [0.29, 0.717) is 24.5 Å². The summed E-state index contributed by atoms with van der Waals surface area (Å²) >= 11 is 0. The van der Waals surface area contributed by atoms with Crippen LogP contribution in [0.3, 0.4) is 0 Å². The predicted octanol–water partition coefficient (Wildman–Crippen LogP) is 2.70. The van der Waals surface area contributed by atoms with Crippen molar-refractivity contribution in [2.75, 3.05) is 11.9 Å². The molecule has 5 nitrogen and oxygen atoms in total. The molecule has 0 aliphatic rings. The lowest BCUT2D eigenvalue weighted by atomic mass is 10.2. The van der Waals surface area contributed by atoms with E-state index in [-0.39, 0.29) is 5.91 Å². The van der Waals surface area contributed by atoms with E-state index >= 15 is 0 Å². The van der Waals surface area contributed by atoms with Crippen LogP contribution in [0.25, 0.3) is 0 Å². The number of anilines is 1. The second-order valence-corrected chi connectivity index (χ2v) is 5.20. The van der Waals surface area contributed by atoms with Crippen LogP contribution in [-0.4, -0.2) is 22.4 Å². The van der Waals surface area contributed by atoms with Crippen LogP contribution in [0.2, 0.25) is 0 Å². The first kappa shape index (κ1) is 15.7. The van der Waals surface area contributed by atoms with E-state index in [0.717, 1.165) is 16.8 Å². The van der Waals surface area contributed by atoms with E-state index < -0.39 is 0 Å². The van der Waals surface area contributed by atoms with Crippen LogP contribution in [0.4, 0.5) is 5.82 Å². The molecule has 0 unspecified atom stereocenters. The average Bonchev–Trinajstić information content (AvgIpc) is 2.51. The summed E-state index contributed by atoms with van der Waals surface area (Å²) in [6, 6.07) is 7.45. The number of pyridine rings is 2. The summed E-state index contributed by atoms with van der Waals surface area (Å²) in [5.74, 6) is 0.409. The highest BCUT2D eigenvalue weighted by Crippen LogP contribution is 2.14. The van der Waals surface area contributed by atoms with Gasteiger partial charge in [-0.3, -0.25) is 9.78 Å². The monoisotopic (exact) mass is 296 g/mol. The van der Waals surface area contributed by atoms with Crippen molar-refractivity contribution in [2.45, 2.75) is 20.4 Å². The van der Waals surface area contributed by atoms with Crippen LogP contribution in [0, 0.1) is 6.92 Å². The van der Waals surface area contributed by atoms with Gasteiger partial charge < -0.3 is 10.6 Å². The molecular weight excluding hydrogens is 276 g/mol. The second kappa shape index (κ2) is 7.36. The van der Waals surface area contributed by atoms with Crippen LogP contribution >= 0.6 is 0 Å². The molecule has 22 heavy (non-hydrogen) atoms. The first-order chi connectivity index (χ1) is 10.6. The van der Waals surface area contributed by atoms with Crippen molar-refractivity contribution in [3.8, 4) is 0 Å². The van der Waals surface area contributed by atoms with Gasteiger partial charge in [-0.2, -0.15) is 0 Å². The summed E-state index contributed by atoms with van der Waals surface area (Å²) in [5, 5.41) is 6.03. The minimum atomic E-state index is -0.163. The fourth-order valence-corrected chi connectivity index (χ4v) is 1.89. The molecule has 0 bridgehead atoms. The Hall–Kier alpha value is -2.69. The molecule has 2 N–H and O–H groups in total. The fraction of sp³-hybridized carbons (Fsp3) is 0.235. The predicted molar refractivity (Wildman–Crippen MR) is 87.7 cm³/mol. The Labute approximate surface area is 130 Å². The average molecular weight is 296 g/mol. The summed E-state index contributed by atoms with van der Waals surface area (Å²) in [6.45, 7) is 8.56. The molecule has 1 amide bonds. The Balaban J connectivity index is 2.13. The van der Waals surface area contributed by atoms with Gasteiger partial charge >= 0.3 is 0 Å². The molecule has 0 saturated carbocycles. The molecule has 0 radical (unpaired) electrons. The zero-order chi connectivity index (χ0) is 15.9. The number of carbonyl (C=O) groups excluding carboxylic acids is 1. The summed E-state index contributed by atoms with van der Waals surface area (Å²) in [7, 11) is 0. The van der Waals surface area contributed by atoms with E-state index in [2.05, 4.69) is 27.2 Å². The minimum absolute atomic E-state index is 0.163. The molecular formula is C17H20N4O. The zero-order valence-electron chi connectivity index (χ0n) is 12.9. The minimum Gasteiger partial charge on any atom is -0.365 e. The highest BCUT2D eigenvalue weighted by molar-refractivity contribution is 5.98.